The summed E-state index contributed by atoms with van der Waals surface area (Å²) >= 11 is 0. The Morgan fingerprint density at radius 3 is 2.85 bits per heavy atom. The molecule has 72 valence electrons. The number of aliphatic hydroxyl groups is 1. The van der Waals surface area contributed by atoms with Crippen LogP contribution >= 0.6 is 0 Å². The van der Waals surface area contributed by atoms with Crippen molar-refractivity contribution in [3.05, 3.63) is 17.9 Å². The zero-order valence-corrected chi connectivity index (χ0v) is 8.46. The lowest BCUT2D eigenvalue weighted by atomic mass is 9.61. The van der Waals surface area contributed by atoms with Gasteiger partial charge in [0.25, 0.3) is 0 Å². The van der Waals surface area contributed by atoms with Crippen molar-refractivity contribution in [3.63, 3.8) is 0 Å². The van der Waals surface area contributed by atoms with Crippen LogP contribution in [-0.2, 0) is 0 Å². The van der Waals surface area contributed by atoms with E-state index in [1.807, 2.05) is 6.08 Å². The van der Waals surface area contributed by atoms with Crippen LogP contribution in [0.4, 0.5) is 0 Å². The molecule has 0 aliphatic heterocycles. The Hall–Kier alpha value is -0.520. The van der Waals surface area contributed by atoms with E-state index in [-0.39, 0.29) is 6.10 Å². The largest absolute Gasteiger partial charge is 0.388 e. The van der Waals surface area contributed by atoms with Crippen LogP contribution in [0.3, 0.4) is 0 Å². The molecule has 2 aliphatic carbocycles. The maximum Gasteiger partial charge on any atom is 0.0828 e. The molecule has 0 aromatic rings. The standard InChI is InChI=1S/C12H18O/c1-12(2)8-4-5-9-10(12)6-3-7-11(9)13/h6-7,9-11,13H,4-5,8H2,1-2H3. The SMILES string of the molecule is CC1(C)CCCC2C(O)C=C=CC21. The molecule has 0 amide bonds. The lowest BCUT2D eigenvalue weighted by Crippen LogP contribution is -2.39. The highest BCUT2D eigenvalue weighted by Gasteiger charge is 2.40. The molecule has 3 atom stereocenters. The maximum atomic E-state index is 9.80. The van der Waals surface area contributed by atoms with Crippen molar-refractivity contribution in [2.75, 3.05) is 0 Å². The Labute approximate surface area is 80.2 Å². The first-order chi connectivity index (χ1) is 6.11. The van der Waals surface area contributed by atoms with Crippen LogP contribution < -0.4 is 0 Å². The highest BCUT2D eigenvalue weighted by Crippen LogP contribution is 2.46. The van der Waals surface area contributed by atoms with Gasteiger partial charge >= 0.3 is 0 Å². The van der Waals surface area contributed by atoms with Crippen LogP contribution in [0.1, 0.15) is 33.1 Å². The summed E-state index contributed by atoms with van der Waals surface area (Å²) < 4.78 is 0. The van der Waals surface area contributed by atoms with Crippen LogP contribution in [0.25, 0.3) is 0 Å². The lowest BCUT2D eigenvalue weighted by Gasteiger charge is -2.44. The molecule has 0 bridgehead atoms. The second kappa shape index (κ2) is 3.01. The zero-order valence-electron chi connectivity index (χ0n) is 8.46. The molecular weight excluding hydrogens is 160 g/mol. The van der Waals surface area contributed by atoms with Gasteiger partial charge in [-0.1, -0.05) is 20.3 Å². The molecule has 0 saturated heterocycles. The second-order valence-electron chi connectivity index (χ2n) is 5.06. The average Bonchev–Trinajstić information content (AvgIpc) is 2.06. The Morgan fingerprint density at radius 2 is 2.15 bits per heavy atom. The van der Waals surface area contributed by atoms with Crippen molar-refractivity contribution in [1.82, 2.24) is 0 Å². The Kier molecular flexibility index (Phi) is 2.09. The normalized spacial score (nSPS) is 41.6. The first-order valence-corrected chi connectivity index (χ1v) is 5.22. The first kappa shape index (κ1) is 9.05. The first-order valence-electron chi connectivity index (χ1n) is 5.22. The lowest BCUT2D eigenvalue weighted by molar-refractivity contribution is 0.0301. The molecule has 0 aromatic heterocycles. The van der Waals surface area contributed by atoms with Crippen LogP contribution in [0, 0.1) is 17.3 Å². The predicted molar refractivity (Wildman–Crippen MR) is 53.3 cm³/mol. The summed E-state index contributed by atoms with van der Waals surface area (Å²) in [6, 6.07) is 0. The summed E-state index contributed by atoms with van der Waals surface area (Å²) in [5.41, 5.74) is 3.44. The van der Waals surface area contributed by atoms with Gasteiger partial charge in [-0.05, 0) is 42.2 Å². The fraction of sp³-hybridized carbons (Fsp3) is 0.750. The number of hydrogen-bond acceptors (Lipinski definition) is 1. The highest BCUT2D eigenvalue weighted by molar-refractivity contribution is 5.10. The highest BCUT2D eigenvalue weighted by atomic mass is 16.3. The number of fused-ring (bicyclic) bond motifs is 1. The van der Waals surface area contributed by atoms with E-state index < -0.39 is 0 Å². The number of hydrogen-bond donors (Lipinski definition) is 1. The van der Waals surface area contributed by atoms with Crippen molar-refractivity contribution in [2.24, 2.45) is 17.3 Å². The number of aliphatic hydroxyl groups excluding tert-OH is 1. The van der Waals surface area contributed by atoms with E-state index in [1.54, 1.807) is 0 Å². The van der Waals surface area contributed by atoms with Crippen molar-refractivity contribution in [1.29, 1.82) is 0 Å². The van der Waals surface area contributed by atoms with Crippen molar-refractivity contribution >= 4 is 0 Å². The third-order valence-corrected chi connectivity index (χ3v) is 3.70. The van der Waals surface area contributed by atoms with Gasteiger partial charge in [0.2, 0.25) is 0 Å². The van der Waals surface area contributed by atoms with Crippen LogP contribution in [-0.4, -0.2) is 11.2 Å². The molecule has 3 unspecified atom stereocenters. The fourth-order valence-corrected chi connectivity index (χ4v) is 2.83. The minimum atomic E-state index is -0.255. The van der Waals surface area contributed by atoms with Gasteiger partial charge < -0.3 is 5.11 Å². The van der Waals surface area contributed by atoms with Gasteiger partial charge in [-0.3, -0.25) is 0 Å². The second-order valence-corrected chi connectivity index (χ2v) is 5.06. The average molecular weight is 178 g/mol. The van der Waals surface area contributed by atoms with E-state index in [0.29, 0.717) is 17.3 Å². The van der Waals surface area contributed by atoms with Gasteiger partial charge in [0.15, 0.2) is 0 Å². The molecule has 1 nitrogen and oxygen atoms in total. The Morgan fingerprint density at radius 1 is 1.38 bits per heavy atom. The molecule has 1 N–H and O–H groups in total. The van der Waals surface area contributed by atoms with Gasteiger partial charge in [0, 0.05) is 0 Å². The summed E-state index contributed by atoms with van der Waals surface area (Å²) in [6.07, 6.45) is 7.42. The monoisotopic (exact) mass is 178 g/mol. The summed E-state index contributed by atoms with van der Waals surface area (Å²) in [5, 5.41) is 9.80. The topological polar surface area (TPSA) is 20.2 Å². The molecule has 0 aromatic carbocycles. The summed E-state index contributed by atoms with van der Waals surface area (Å²) in [6.45, 7) is 4.61. The van der Waals surface area contributed by atoms with E-state index in [2.05, 4.69) is 25.7 Å². The summed E-state index contributed by atoms with van der Waals surface area (Å²) in [7, 11) is 0. The molecule has 2 rings (SSSR count). The molecule has 0 heterocycles. The Balaban J connectivity index is 2.29. The molecule has 1 saturated carbocycles. The van der Waals surface area contributed by atoms with Gasteiger partial charge in [0.1, 0.15) is 0 Å². The van der Waals surface area contributed by atoms with Gasteiger partial charge in [0.05, 0.1) is 6.10 Å². The Bertz CT molecular complexity index is 258. The minimum absolute atomic E-state index is 0.255. The zero-order chi connectivity index (χ0) is 9.47. The molecular formula is C12H18O. The van der Waals surface area contributed by atoms with E-state index >= 15 is 0 Å². The molecule has 2 aliphatic rings. The van der Waals surface area contributed by atoms with Crippen LogP contribution in [0.15, 0.2) is 17.9 Å². The van der Waals surface area contributed by atoms with Gasteiger partial charge in [-0.25, -0.2) is 0 Å². The molecule has 0 spiro atoms. The van der Waals surface area contributed by atoms with Crippen LogP contribution in [0.2, 0.25) is 0 Å². The third-order valence-electron chi connectivity index (χ3n) is 3.70. The molecule has 1 heteroatoms. The minimum Gasteiger partial charge on any atom is -0.388 e. The molecule has 13 heavy (non-hydrogen) atoms. The predicted octanol–water partition coefficient (Wildman–Crippen LogP) is 2.51. The maximum absolute atomic E-state index is 9.80. The van der Waals surface area contributed by atoms with E-state index in [4.69, 9.17) is 0 Å². The number of rotatable bonds is 0. The van der Waals surface area contributed by atoms with Gasteiger partial charge in [-0.15, -0.1) is 5.73 Å². The summed E-state index contributed by atoms with van der Waals surface area (Å²) in [4.78, 5) is 0. The van der Waals surface area contributed by atoms with Crippen molar-refractivity contribution < 1.29 is 5.11 Å². The van der Waals surface area contributed by atoms with E-state index in [9.17, 15) is 5.11 Å². The van der Waals surface area contributed by atoms with E-state index in [0.717, 1.165) is 0 Å². The van der Waals surface area contributed by atoms with Crippen molar-refractivity contribution in [2.45, 2.75) is 39.2 Å². The van der Waals surface area contributed by atoms with E-state index in [1.165, 1.54) is 19.3 Å². The fourth-order valence-electron chi connectivity index (χ4n) is 2.83. The van der Waals surface area contributed by atoms with Crippen LogP contribution in [0.5, 0.6) is 0 Å². The third kappa shape index (κ3) is 1.47. The van der Waals surface area contributed by atoms with Crippen molar-refractivity contribution in [3.8, 4) is 0 Å². The smallest absolute Gasteiger partial charge is 0.0828 e. The quantitative estimate of drug-likeness (QED) is 0.565. The summed E-state index contributed by atoms with van der Waals surface area (Å²) in [5.74, 6) is 0.978. The molecule has 0 radical (unpaired) electrons. The molecule has 1 fully saturated rings. The van der Waals surface area contributed by atoms with Gasteiger partial charge in [-0.2, -0.15) is 0 Å².